The van der Waals surface area contributed by atoms with E-state index in [2.05, 4.69) is 20.7 Å². The number of aromatic amines is 1. The third-order valence-electron chi connectivity index (χ3n) is 4.32. The predicted octanol–water partition coefficient (Wildman–Crippen LogP) is 2.13. The van der Waals surface area contributed by atoms with Gasteiger partial charge in [-0.3, -0.25) is 9.89 Å². The summed E-state index contributed by atoms with van der Waals surface area (Å²) in [6.07, 6.45) is 3.46. The van der Waals surface area contributed by atoms with Crippen LogP contribution in [0, 0.1) is 11.6 Å². The van der Waals surface area contributed by atoms with Crippen molar-refractivity contribution in [3.63, 3.8) is 0 Å². The molecule has 26 heavy (non-hydrogen) atoms. The summed E-state index contributed by atoms with van der Waals surface area (Å²) in [5, 5.41) is 13.6. The van der Waals surface area contributed by atoms with Gasteiger partial charge in [0, 0.05) is 37.5 Å². The lowest BCUT2D eigenvalue weighted by Gasteiger charge is -2.32. The highest BCUT2D eigenvalue weighted by Crippen LogP contribution is 2.26. The number of H-pyrrole nitrogens is 1. The molecule has 4 rings (SSSR count). The SMILES string of the molecule is O=C(c1cc(-c2c(F)cccc2F)no1)N1CCNC(c2cn[nH]c2)C1. The highest BCUT2D eigenvalue weighted by molar-refractivity contribution is 5.92. The number of hydrogen-bond donors (Lipinski definition) is 2. The molecule has 3 heterocycles. The molecule has 1 unspecified atom stereocenters. The maximum Gasteiger partial charge on any atom is 0.292 e. The Hall–Kier alpha value is -3.07. The van der Waals surface area contributed by atoms with Crippen molar-refractivity contribution in [2.45, 2.75) is 6.04 Å². The summed E-state index contributed by atoms with van der Waals surface area (Å²) in [7, 11) is 0. The van der Waals surface area contributed by atoms with Crippen LogP contribution < -0.4 is 5.32 Å². The highest BCUT2D eigenvalue weighted by atomic mass is 19.1. The number of carbonyl (C=O) groups is 1. The summed E-state index contributed by atoms with van der Waals surface area (Å²) in [5.74, 6) is -1.97. The Balaban J connectivity index is 1.55. The van der Waals surface area contributed by atoms with Gasteiger partial charge in [0.2, 0.25) is 5.76 Å². The predicted molar refractivity (Wildman–Crippen MR) is 87.1 cm³/mol. The molecule has 2 aromatic heterocycles. The van der Waals surface area contributed by atoms with Gasteiger partial charge in [-0.25, -0.2) is 8.78 Å². The zero-order chi connectivity index (χ0) is 18.1. The molecule has 0 radical (unpaired) electrons. The lowest BCUT2D eigenvalue weighted by molar-refractivity contribution is 0.0661. The molecule has 2 N–H and O–H groups in total. The van der Waals surface area contributed by atoms with Crippen LogP contribution in [0.5, 0.6) is 0 Å². The van der Waals surface area contributed by atoms with Gasteiger partial charge in [0.05, 0.1) is 17.8 Å². The molecule has 1 amide bonds. The summed E-state index contributed by atoms with van der Waals surface area (Å²) < 4.78 is 32.8. The second kappa shape index (κ2) is 6.68. The van der Waals surface area contributed by atoms with E-state index < -0.39 is 11.6 Å². The first-order valence-electron chi connectivity index (χ1n) is 8.06. The van der Waals surface area contributed by atoms with Crippen LogP contribution in [0.3, 0.4) is 0 Å². The minimum Gasteiger partial charge on any atom is -0.350 e. The van der Waals surface area contributed by atoms with Crippen molar-refractivity contribution >= 4 is 5.91 Å². The van der Waals surface area contributed by atoms with Gasteiger partial charge in [0.25, 0.3) is 5.91 Å². The van der Waals surface area contributed by atoms with E-state index in [-0.39, 0.29) is 29.0 Å². The number of nitrogens with zero attached hydrogens (tertiary/aromatic N) is 3. The molecular formula is C17H15F2N5O2. The Kier molecular flexibility index (Phi) is 4.21. The van der Waals surface area contributed by atoms with E-state index in [1.165, 1.54) is 12.1 Å². The van der Waals surface area contributed by atoms with Crippen molar-refractivity contribution in [2.75, 3.05) is 19.6 Å². The number of benzene rings is 1. The first-order chi connectivity index (χ1) is 12.6. The Labute approximate surface area is 147 Å². The van der Waals surface area contributed by atoms with Gasteiger partial charge in [-0.05, 0) is 12.1 Å². The zero-order valence-corrected chi connectivity index (χ0v) is 13.6. The molecule has 1 fully saturated rings. The van der Waals surface area contributed by atoms with E-state index in [1.807, 2.05) is 0 Å². The number of rotatable bonds is 3. The maximum absolute atomic E-state index is 13.9. The van der Waals surface area contributed by atoms with Crippen molar-refractivity contribution in [3.05, 3.63) is 59.6 Å². The maximum atomic E-state index is 13.9. The highest BCUT2D eigenvalue weighted by Gasteiger charge is 2.28. The van der Waals surface area contributed by atoms with Gasteiger partial charge in [-0.1, -0.05) is 11.2 Å². The van der Waals surface area contributed by atoms with Crippen molar-refractivity contribution in [3.8, 4) is 11.3 Å². The lowest BCUT2D eigenvalue weighted by atomic mass is 10.1. The molecule has 0 saturated carbocycles. The number of carbonyl (C=O) groups excluding carboxylic acids is 1. The third-order valence-corrected chi connectivity index (χ3v) is 4.32. The van der Waals surface area contributed by atoms with Crippen molar-refractivity contribution < 1.29 is 18.1 Å². The van der Waals surface area contributed by atoms with Gasteiger partial charge in [0.1, 0.15) is 17.3 Å². The Morgan fingerprint density at radius 1 is 1.31 bits per heavy atom. The molecule has 0 aliphatic carbocycles. The summed E-state index contributed by atoms with van der Waals surface area (Å²) in [6, 6.07) is 4.72. The lowest BCUT2D eigenvalue weighted by Crippen LogP contribution is -2.48. The minimum atomic E-state index is -0.764. The summed E-state index contributed by atoms with van der Waals surface area (Å²) in [5.41, 5.74) is 0.576. The van der Waals surface area contributed by atoms with Crippen LogP contribution in [-0.2, 0) is 0 Å². The van der Waals surface area contributed by atoms with Crippen LogP contribution in [0.4, 0.5) is 8.78 Å². The molecule has 3 aromatic rings. The number of hydrogen-bond acceptors (Lipinski definition) is 5. The van der Waals surface area contributed by atoms with Crippen LogP contribution in [0.15, 0.2) is 41.2 Å². The van der Waals surface area contributed by atoms with E-state index in [4.69, 9.17) is 4.52 Å². The van der Waals surface area contributed by atoms with Crippen molar-refractivity contribution in [1.29, 1.82) is 0 Å². The van der Waals surface area contributed by atoms with E-state index >= 15 is 0 Å². The molecule has 0 bridgehead atoms. The monoisotopic (exact) mass is 359 g/mol. The average Bonchev–Trinajstić information content (AvgIpc) is 3.33. The first-order valence-corrected chi connectivity index (χ1v) is 8.06. The Morgan fingerprint density at radius 3 is 2.85 bits per heavy atom. The van der Waals surface area contributed by atoms with Crippen molar-refractivity contribution in [2.24, 2.45) is 0 Å². The molecular weight excluding hydrogens is 344 g/mol. The fourth-order valence-electron chi connectivity index (χ4n) is 3.00. The third kappa shape index (κ3) is 2.97. The van der Waals surface area contributed by atoms with Crippen LogP contribution in [0.25, 0.3) is 11.3 Å². The van der Waals surface area contributed by atoms with Gasteiger partial charge >= 0.3 is 0 Å². The molecule has 1 aliphatic rings. The summed E-state index contributed by atoms with van der Waals surface area (Å²) in [6.45, 7) is 1.50. The van der Waals surface area contributed by atoms with Gasteiger partial charge in [-0.15, -0.1) is 0 Å². The molecule has 7 nitrogen and oxygen atoms in total. The fraction of sp³-hybridized carbons (Fsp3) is 0.235. The second-order valence-corrected chi connectivity index (χ2v) is 5.96. The van der Waals surface area contributed by atoms with Gasteiger partial charge in [-0.2, -0.15) is 5.10 Å². The number of nitrogens with one attached hydrogen (secondary N) is 2. The second-order valence-electron chi connectivity index (χ2n) is 5.96. The standard InChI is InChI=1S/C17H15F2N5O2/c18-11-2-1-3-12(19)16(11)13-6-15(26-23-13)17(25)24-5-4-20-14(9-24)10-7-21-22-8-10/h1-3,6-8,14,20H,4-5,9H2,(H,21,22). The number of piperazine rings is 1. The van der Waals surface area contributed by atoms with Gasteiger partial charge in [0.15, 0.2) is 0 Å². The molecule has 1 aliphatic heterocycles. The largest absolute Gasteiger partial charge is 0.350 e. The normalized spacial score (nSPS) is 17.5. The van der Waals surface area contributed by atoms with E-state index in [1.54, 1.807) is 17.3 Å². The fourth-order valence-corrected chi connectivity index (χ4v) is 3.00. The number of aromatic nitrogens is 3. The quantitative estimate of drug-likeness (QED) is 0.748. The van der Waals surface area contributed by atoms with E-state index in [0.29, 0.717) is 19.6 Å². The topological polar surface area (TPSA) is 87.1 Å². The summed E-state index contributed by atoms with van der Waals surface area (Å²) in [4.78, 5) is 14.3. The molecule has 0 spiro atoms. The molecule has 1 aromatic carbocycles. The van der Waals surface area contributed by atoms with Crippen LogP contribution in [0.1, 0.15) is 22.2 Å². The Bertz CT molecular complexity index is 905. The van der Waals surface area contributed by atoms with Crippen LogP contribution in [0.2, 0.25) is 0 Å². The first kappa shape index (κ1) is 16.4. The average molecular weight is 359 g/mol. The van der Waals surface area contributed by atoms with E-state index in [0.717, 1.165) is 17.7 Å². The van der Waals surface area contributed by atoms with Crippen LogP contribution in [-0.4, -0.2) is 45.8 Å². The van der Waals surface area contributed by atoms with Crippen LogP contribution >= 0.6 is 0 Å². The van der Waals surface area contributed by atoms with E-state index in [9.17, 15) is 13.6 Å². The Morgan fingerprint density at radius 2 is 2.12 bits per heavy atom. The molecule has 134 valence electrons. The number of halogens is 2. The molecule has 9 heteroatoms. The molecule has 1 saturated heterocycles. The molecule has 1 atom stereocenters. The number of amides is 1. The smallest absolute Gasteiger partial charge is 0.292 e. The van der Waals surface area contributed by atoms with Crippen molar-refractivity contribution in [1.82, 2.24) is 25.6 Å². The summed E-state index contributed by atoms with van der Waals surface area (Å²) >= 11 is 0. The minimum absolute atomic E-state index is 0.0505. The zero-order valence-electron chi connectivity index (χ0n) is 13.6. The van der Waals surface area contributed by atoms with Gasteiger partial charge < -0.3 is 14.7 Å².